The number of morpholine rings is 1. The summed E-state index contributed by atoms with van der Waals surface area (Å²) in [6.07, 6.45) is 4.53. The molecule has 3 nitrogen and oxygen atoms in total. The van der Waals surface area contributed by atoms with E-state index in [0.717, 1.165) is 25.3 Å². The van der Waals surface area contributed by atoms with Crippen LogP contribution in [-0.4, -0.2) is 42.5 Å². The summed E-state index contributed by atoms with van der Waals surface area (Å²) in [4.78, 5) is 14.3. The van der Waals surface area contributed by atoms with Crippen LogP contribution in [0.5, 0.6) is 0 Å². The van der Waals surface area contributed by atoms with Gasteiger partial charge in [0, 0.05) is 19.0 Å². The van der Waals surface area contributed by atoms with Gasteiger partial charge in [0.25, 0.3) is 0 Å². The fourth-order valence-corrected chi connectivity index (χ4v) is 2.96. The molecule has 2 aliphatic rings. The molecule has 0 radical (unpaired) electrons. The van der Waals surface area contributed by atoms with Crippen molar-refractivity contribution in [3.63, 3.8) is 0 Å². The van der Waals surface area contributed by atoms with Crippen LogP contribution in [0.3, 0.4) is 0 Å². The van der Waals surface area contributed by atoms with Gasteiger partial charge in [-0.05, 0) is 31.6 Å². The van der Waals surface area contributed by atoms with Crippen molar-refractivity contribution >= 4 is 17.5 Å². The predicted octanol–water partition coefficient (Wildman–Crippen LogP) is 2.28. The molecule has 0 N–H and O–H groups in total. The lowest BCUT2D eigenvalue weighted by Crippen LogP contribution is -2.48. The molecule has 4 heteroatoms. The molecule has 1 saturated heterocycles. The number of carbonyl (C=O) groups excluding carboxylic acids is 1. The van der Waals surface area contributed by atoms with Crippen LogP contribution in [-0.2, 0) is 9.53 Å². The van der Waals surface area contributed by atoms with E-state index in [1.807, 2.05) is 4.90 Å². The highest BCUT2D eigenvalue weighted by molar-refractivity contribution is 6.18. The van der Waals surface area contributed by atoms with Gasteiger partial charge in [0.2, 0.25) is 5.91 Å². The van der Waals surface area contributed by atoms with Gasteiger partial charge < -0.3 is 9.64 Å². The molecule has 1 aliphatic heterocycles. The average molecular weight is 260 g/mol. The van der Waals surface area contributed by atoms with Gasteiger partial charge in [-0.15, -0.1) is 11.6 Å². The average Bonchev–Trinajstić information content (AvgIpc) is 2.39. The molecular weight excluding hydrogens is 238 g/mol. The van der Waals surface area contributed by atoms with Gasteiger partial charge in [-0.2, -0.15) is 0 Å². The first-order valence-electron chi connectivity index (χ1n) is 6.67. The number of ether oxygens (including phenoxy) is 1. The molecule has 1 heterocycles. The smallest absolute Gasteiger partial charge is 0.225 e. The lowest BCUT2D eigenvalue weighted by molar-refractivity contribution is -0.143. The first kappa shape index (κ1) is 13.2. The van der Waals surface area contributed by atoms with Crippen molar-refractivity contribution in [3.8, 4) is 0 Å². The Bertz CT molecular complexity index is 264. The van der Waals surface area contributed by atoms with E-state index in [4.69, 9.17) is 16.3 Å². The Kier molecular flexibility index (Phi) is 4.69. The highest BCUT2D eigenvalue weighted by Crippen LogP contribution is 2.30. The summed E-state index contributed by atoms with van der Waals surface area (Å²) in [7, 11) is 0. The first-order chi connectivity index (χ1) is 8.20. The fourth-order valence-electron chi connectivity index (χ4n) is 2.78. The molecular formula is C13H22ClNO2. The van der Waals surface area contributed by atoms with Crippen molar-refractivity contribution in [1.29, 1.82) is 0 Å². The van der Waals surface area contributed by atoms with E-state index in [-0.39, 0.29) is 12.0 Å². The molecule has 1 atom stereocenters. The van der Waals surface area contributed by atoms with E-state index in [9.17, 15) is 4.79 Å². The molecule has 17 heavy (non-hydrogen) atoms. The largest absolute Gasteiger partial charge is 0.373 e. The standard InChI is InChI=1S/C13H22ClNO2/c1-10-2-4-11(5-3-10)13(16)15-6-7-17-12(8-14)9-15/h10-12H,2-9H2,1H3. The fraction of sp³-hybridized carbons (Fsp3) is 0.923. The maximum atomic E-state index is 12.3. The first-order valence-corrected chi connectivity index (χ1v) is 7.20. The third kappa shape index (κ3) is 3.35. The zero-order valence-corrected chi connectivity index (χ0v) is 11.3. The number of alkyl halides is 1. The SMILES string of the molecule is CC1CCC(C(=O)N2CCOC(CCl)C2)CC1. The van der Waals surface area contributed by atoms with E-state index >= 15 is 0 Å². The van der Waals surface area contributed by atoms with Crippen molar-refractivity contribution in [3.05, 3.63) is 0 Å². The lowest BCUT2D eigenvalue weighted by Gasteiger charge is -2.36. The van der Waals surface area contributed by atoms with E-state index in [2.05, 4.69) is 6.92 Å². The van der Waals surface area contributed by atoms with Crippen molar-refractivity contribution in [2.75, 3.05) is 25.6 Å². The monoisotopic (exact) mass is 259 g/mol. The Morgan fingerprint density at radius 3 is 2.71 bits per heavy atom. The molecule has 0 spiro atoms. The highest BCUT2D eigenvalue weighted by atomic mass is 35.5. The lowest BCUT2D eigenvalue weighted by atomic mass is 9.82. The zero-order chi connectivity index (χ0) is 12.3. The van der Waals surface area contributed by atoms with Gasteiger partial charge >= 0.3 is 0 Å². The Morgan fingerprint density at radius 1 is 1.35 bits per heavy atom. The maximum Gasteiger partial charge on any atom is 0.225 e. The van der Waals surface area contributed by atoms with E-state index in [1.54, 1.807) is 0 Å². The van der Waals surface area contributed by atoms with Gasteiger partial charge in [0.05, 0.1) is 18.6 Å². The second kappa shape index (κ2) is 6.05. The Balaban J connectivity index is 1.86. The minimum Gasteiger partial charge on any atom is -0.373 e. The van der Waals surface area contributed by atoms with Crippen LogP contribution < -0.4 is 0 Å². The second-order valence-corrected chi connectivity index (χ2v) is 5.70. The highest BCUT2D eigenvalue weighted by Gasteiger charge is 2.31. The van der Waals surface area contributed by atoms with Crippen molar-refractivity contribution in [2.24, 2.45) is 11.8 Å². The van der Waals surface area contributed by atoms with E-state index in [0.29, 0.717) is 24.9 Å². The summed E-state index contributed by atoms with van der Waals surface area (Å²) >= 11 is 5.79. The summed E-state index contributed by atoms with van der Waals surface area (Å²) < 4.78 is 5.49. The summed E-state index contributed by atoms with van der Waals surface area (Å²) in [5, 5.41) is 0. The Morgan fingerprint density at radius 2 is 2.06 bits per heavy atom. The molecule has 0 aromatic heterocycles. The number of hydrogen-bond acceptors (Lipinski definition) is 2. The zero-order valence-electron chi connectivity index (χ0n) is 10.5. The molecule has 98 valence electrons. The van der Waals surface area contributed by atoms with Gasteiger partial charge in [-0.3, -0.25) is 4.79 Å². The van der Waals surface area contributed by atoms with Crippen LogP contribution in [0.2, 0.25) is 0 Å². The minimum atomic E-state index is 0.0249. The van der Waals surface area contributed by atoms with Crippen LogP contribution in [0.4, 0.5) is 0 Å². The van der Waals surface area contributed by atoms with Crippen LogP contribution in [0.15, 0.2) is 0 Å². The van der Waals surface area contributed by atoms with Crippen LogP contribution in [0.25, 0.3) is 0 Å². The number of nitrogens with zero attached hydrogens (tertiary/aromatic N) is 1. The third-order valence-electron chi connectivity index (χ3n) is 3.99. The van der Waals surface area contributed by atoms with Crippen molar-refractivity contribution in [1.82, 2.24) is 4.90 Å². The summed E-state index contributed by atoms with van der Waals surface area (Å²) in [5.41, 5.74) is 0. The molecule has 0 aromatic carbocycles. The molecule has 2 rings (SSSR count). The molecule has 1 unspecified atom stereocenters. The van der Waals surface area contributed by atoms with Crippen molar-refractivity contribution in [2.45, 2.75) is 38.7 Å². The Labute approximate surface area is 108 Å². The number of hydrogen-bond donors (Lipinski definition) is 0. The van der Waals surface area contributed by atoms with Crippen molar-refractivity contribution < 1.29 is 9.53 Å². The molecule has 1 aliphatic carbocycles. The van der Waals surface area contributed by atoms with Crippen LogP contribution in [0, 0.1) is 11.8 Å². The normalized spacial score (nSPS) is 34.7. The topological polar surface area (TPSA) is 29.5 Å². The summed E-state index contributed by atoms with van der Waals surface area (Å²) in [5.74, 6) is 1.85. The van der Waals surface area contributed by atoms with Gasteiger partial charge in [-0.1, -0.05) is 6.92 Å². The minimum absolute atomic E-state index is 0.0249. The van der Waals surface area contributed by atoms with Gasteiger partial charge in [0.15, 0.2) is 0 Å². The third-order valence-corrected chi connectivity index (χ3v) is 4.33. The second-order valence-electron chi connectivity index (χ2n) is 5.39. The van der Waals surface area contributed by atoms with E-state index in [1.165, 1.54) is 12.8 Å². The van der Waals surface area contributed by atoms with Crippen LogP contribution >= 0.6 is 11.6 Å². The molecule has 2 fully saturated rings. The molecule has 1 amide bonds. The number of rotatable bonds is 2. The Hall–Kier alpha value is -0.280. The number of halogens is 1. The molecule has 1 saturated carbocycles. The summed E-state index contributed by atoms with van der Waals surface area (Å²) in [6.45, 7) is 4.32. The molecule has 0 aromatic rings. The quantitative estimate of drug-likeness (QED) is 0.712. The number of amides is 1. The van der Waals surface area contributed by atoms with Gasteiger partial charge in [-0.25, -0.2) is 0 Å². The number of carbonyl (C=O) groups is 1. The van der Waals surface area contributed by atoms with Gasteiger partial charge in [0.1, 0.15) is 0 Å². The van der Waals surface area contributed by atoms with Crippen LogP contribution in [0.1, 0.15) is 32.6 Å². The predicted molar refractivity (Wildman–Crippen MR) is 68.2 cm³/mol. The molecule has 0 bridgehead atoms. The van der Waals surface area contributed by atoms with E-state index < -0.39 is 0 Å². The maximum absolute atomic E-state index is 12.3. The summed E-state index contributed by atoms with van der Waals surface area (Å²) in [6, 6.07) is 0.